The van der Waals surface area contributed by atoms with Crippen molar-refractivity contribution in [3.63, 3.8) is 0 Å². The van der Waals surface area contributed by atoms with Gasteiger partial charge in [-0.25, -0.2) is 0 Å². The number of esters is 1. The number of hydrogen-bond acceptors (Lipinski definition) is 5. The fourth-order valence-corrected chi connectivity index (χ4v) is 3.81. The summed E-state index contributed by atoms with van der Waals surface area (Å²) in [5.74, 6) is -0.425. The fraction of sp³-hybridized carbons (Fsp3) is 0.591. The molecule has 0 aromatic heterocycles. The van der Waals surface area contributed by atoms with E-state index < -0.39 is 12.1 Å². The maximum atomic E-state index is 12.6. The Morgan fingerprint density at radius 1 is 1.28 bits per heavy atom. The molecule has 2 aliphatic rings. The van der Waals surface area contributed by atoms with Gasteiger partial charge in [0.25, 0.3) is 11.8 Å². The van der Waals surface area contributed by atoms with E-state index in [1.165, 1.54) is 0 Å². The predicted octanol–water partition coefficient (Wildman–Crippen LogP) is 2.74. The molecule has 1 aromatic rings. The first-order valence-corrected chi connectivity index (χ1v) is 10.4. The van der Waals surface area contributed by atoms with E-state index >= 15 is 0 Å². The number of amides is 2. The fourth-order valence-electron chi connectivity index (χ4n) is 3.81. The predicted molar refractivity (Wildman–Crippen MR) is 109 cm³/mol. The number of nitrogens with zero attached hydrogens (tertiary/aromatic N) is 1. The third-order valence-electron chi connectivity index (χ3n) is 5.42. The Kier molecular flexibility index (Phi) is 6.77. The largest absolute Gasteiger partial charge is 0.482 e. The number of nitrogens with one attached hydrogen (secondary N) is 1. The molecule has 1 aliphatic carbocycles. The third kappa shape index (κ3) is 5.28. The SMILES string of the molecule is Cc1ccc2c(c1)N(CCC(=O)O[C@@H](C(=O)NC1CCCC1)C(C)C)C(=O)CO2. The number of benzene rings is 1. The van der Waals surface area contributed by atoms with Gasteiger partial charge < -0.3 is 19.7 Å². The lowest BCUT2D eigenvalue weighted by Crippen LogP contribution is -2.45. The smallest absolute Gasteiger partial charge is 0.308 e. The van der Waals surface area contributed by atoms with Crippen LogP contribution >= 0.6 is 0 Å². The summed E-state index contributed by atoms with van der Waals surface area (Å²) in [5.41, 5.74) is 1.66. The van der Waals surface area contributed by atoms with Crippen LogP contribution in [0.2, 0.25) is 0 Å². The summed E-state index contributed by atoms with van der Waals surface area (Å²) in [6, 6.07) is 5.78. The zero-order valence-corrected chi connectivity index (χ0v) is 17.4. The second kappa shape index (κ2) is 9.29. The molecule has 0 bridgehead atoms. The minimum absolute atomic E-state index is 0.0129. The third-order valence-corrected chi connectivity index (χ3v) is 5.42. The quantitative estimate of drug-likeness (QED) is 0.709. The Bertz CT molecular complexity index is 770. The lowest BCUT2D eigenvalue weighted by atomic mass is 10.1. The zero-order valence-electron chi connectivity index (χ0n) is 17.4. The zero-order chi connectivity index (χ0) is 21.0. The molecule has 3 rings (SSSR count). The Morgan fingerprint density at radius 2 is 2.00 bits per heavy atom. The van der Waals surface area contributed by atoms with Crippen LogP contribution in [0, 0.1) is 12.8 Å². The Balaban J connectivity index is 1.58. The Labute approximate surface area is 171 Å². The lowest BCUT2D eigenvalue weighted by Gasteiger charge is -2.29. The van der Waals surface area contributed by atoms with E-state index in [9.17, 15) is 14.4 Å². The van der Waals surface area contributed by atoms with Crippen molar-refractivity contribution in [1.82, 2.24) is 5.32 Å². The normalized spacial score (nSPS) is 17.7. The first kappa shape index (κ1) is 21.1. The van der Waals surface area contributed by atoms with Gasteiger partial charge in [-0.2, -0.15) is 0 Å². The van der Waals surface area contributed by atoms with Gasteiger partial charge in [0.05, 0.1) is 12.1 Å². The van der Waals surface area contributed by atoms with Crippen molar-refractivity contribution >= 4 is 23.5 Å². The summed E-state index contributed by atoms with van der Waals surface area (Å²) < 4.78 is 11.0. The highest BCUT2D eigenvalue weighted by atomic mass is 16.5. The highest BCUT2D eigenvalue weighted by Gasteiger charge is 2.30. The minimum atomic E-state index is -0.821. The Morgan fingerprint density at radius 3 is 2.69 bits per heavy atom. The molecule has 0 spiro atoms. The van der Waals surface area contributed by atoms with Crippen molar-refractivity contribution in [2.24, 2.45) is 5.92 Å². The number of aryl methyl sites for hydroxylation is 1. The molecule has 29 heavy (non-hydrogen) atoms. The van der Waals surface area contributed by atoms with Crippen LogP contribution in [0.4, 0.5) is 5.69 Å². The number of rotatable bonds is 7. The van der Waals surface area contributed by atoms with Crippen molar-refractivity contribution < 1.29 is 23.9 Å². The van der Waals surface area contributed by atoms with Gasteiger partial charge in [0.1, 0.15) is 5.75 Å². The van der Waals surface area contributed by atoms with Gasteiger partial charge in [-0.05, 0) is 43.4 Å². The van der Waals surface area contributed by atoms with E-state index in [1.54, 1.807) is 4.90 Å². The van der Waals surface area contributed by atoms with E-state index in [4.69, 9.17) is 9.47 Å². The topological polar surface area (TPSA) is 84.9 Å². The maximum Gasteiger partial charge on any atom is 0.308 e. The summed E-state index contributed by atoms with van der Waals surface area (Å²) in [6.45, 7) is 5.78. The number of anilines is 1. The molecule has 1 saturated carbocycles. The van der Waals surface area contributed by atoms with Crippen LogP contribution in [0.25, 0.3) is 0 Å². The number of hydrogen-bond donors (Lipinski definition) is 1. The molecule has 2 amide bonds. The van der Waals surface area contributed by atoms with Crippen LogP contribution < -0.4 is 15.0 Å². The van der Waals surface area contributed by atoms with Gasteiger partial charge in [-0.3, -0.25) is 14.4 Å². The van der Waals surface area contributed by atoms with Crippen LogP contribution in [0.5, 0.6) is 5.75 Å². The van der Waals surface area contributed by atoms with Crippen molar-refractivity contribution in [3.8, 4) is 5.75 Å². The van der Waals surface area contributed by atoms with Gasteiger partial charge in [0, 0.05) is 12.6 Å². The van der Waals surface area contributed by atoms with Gasteiger partial charge in [0.15, 0.2) is 12.7 Å². The molecule has 1 atom stereocenters. The molecule has 0 saturated heterocycles. The van der Waals surface area contributed by atoms with Gasteiger partial charge in [-0.15, -0.1) is 0 Å². The highest BCUT2D eigenvalue weighted by Crippen LogP contribution is 2.33. The summed E-state index contributed by atoms with van der Waals surface area (Å²) >= 11 is 0. The molecular formula is C22H30N2O5. The van der Waals surface area contributed by atoms with Gasteiger partial charge in [-0.1, -0.05) is 32.8 Å². The van der Waals surface area contributed by atoms with Crippen LogP contribution in [-0.2, 0) is 19.1 Å². The molecule has 158 valence electrons. The number of fused-ring (bicyclic) bond motifs is 1. The van der Waals surface area contributed by atoms with E-state index in [0.29, 0.717) is 11.4 Å². The monoisotopic (exact) mass is 402 g/mol. The molecule has 1 heterocycles. The van der Waals surface area contributed by atoms with Crippen LogP contribution in [0.3, 0.4) is 0 Å². The molecule has 7 nitrogen and oxygen atoms in total. The van der Waals surface area contributed by atoms with E-state index in [-0.39, 0.29) is 43.3 Å². The van der Waals surface area contributed by atoms with Crippen LogP contribution in [0.15, 0.2) is 18.2 Å². The summed E-state index contributed by atoms with van der Waals surface area (Å²) in [6.07, 6.45) is 3.37. The first-order chi connectivity index (χ1) is 13.8. The van der Waals surface area contributed by atoms with Crippen molar-refractivity contribution in [2.45, 2.75) is 65.0 Å². The maximum absolute atomic E-state index is 12.6. The van der Waals surface area contributed by atoms with Gasteiger partial charge >= 0.3 is 5.97 Å². The van der Waals surface area contributed by atoms with E-state index in [0.717, 1.165) is 31.2 Å². The molecule has 7 heteroatoms. The average molecular weight is 402 g/mol. The second-order valence-electron chi connectivity index (χ2n) is 8.20. The summed E-state index contributed by atoms with van der Waals surface area (Å²) in [5, 5.41) is 3.00. The number of carbonyl (C=O) groups is 3. The first-order valence-electron chi connectivity index (χ1n) is 10.4. The van der Waals surface area contributed by atoms with Crippen molar-refractivity contribution in [1.29, 1.82) is 0 Å². The number of carbonyl (C=O) groups excluding carboxylic acids is 3. The van der Waals surface area contributed by atoms with Gasteiger partial charge in [0.2, 0.25) is 0 Å². The molecular weight excluding hydrogens is 372 g/mol. The van der Waals surface area contributed by atoms with Crippen molar-refractivity contribution in [3.05, 3.63) is 23.8 Å². The molecule has 1 N–H and O–H groups in total. The molecule has 1 aromatic carbocycles. The van der Waals surface area contributed by atoms with Crippen LogP contribution in [0.1, 0.15) is 51.5 Å². The van der Waals surface area contributed by atoms with E-state index in [1.807, 2.05) is 39.0 Å². The summed E-state index contributed by atoms with van der Waals surface area (Å²) in [4.78, 5) is 38.9. The highest BCUT2D eigenvalue weighted by molar-refractivity contribution is 5.98. The van der Waals surface area contributed by atoms with Crippen molar-refractivity contribution in [2.75, 3.05) is 18.1 Å². The number of ether oxygens (including phenoxy) is 2. The second-order valence-corrected chi connectivity index (χ2v) is 8.20. The minimum Gasteiger partial charge on any atom is -0.482 e. The molecule has 0 unspecified atom stereocenters. The molecule has 1 fully saturated rings. The standard InChI is InChI=1S/C22H30N2O5/c1-14(2)21(22(27)23-16-6-4-5-7-16)29-20(26)10-11-24-17-12-15(3)8-9-18(17)28-13-19(24)25/h8-9,12,14,16,21H,4-7,10-11,13H2,1-3H3,(H,23,27)/t21-/m1/s1. The van der Waals surface area contributed by atoms with E-state index in [2.05, 4.69) is 5.32 Å². The summed E-state index contributed by atoms with van der Waals surface area (Å²) in [7, 11) is 0. The molecule has 1 aliphatic heterocycles. The van der Waals surface area contributed by atoms with Crippen LogP contribution in [-0.4, -0.2) is 43.1 Å². The Hall–Kier alpha value is -2.57. The molecule has 0 radical (unpaired) electrons. The lowest BCUT2D eigenvalue weighted by molar-refractivity contribution is -0.158. The average Bonchev–Trinajstić information content (AvgIpc) is 3.18.